The number of hydrogen-bond donors (Lipinski definition) is 2. The van der Waals surface area contributed by atoms with Crippen LogP contribution in [0.3, 0.4) is 0 Å². The second-order valence-electron chi connectivity index (χ2n) is 9.61. The number of furan rings is 2. The summed E-state index contributed by atoms with van der Waals surface area (Å²) in [5, 5.41) is 9.04. The highest BCUT2D eigenvalue weighted by molar-refractivity contribution is 5.80. The summed E-state index contributed by atoms with van der Waals surface area (Å²) in [4.78, 5) is 0. The molecule has 0 radical (unpaired) electrons. The van der Waals surface area contributed by atoms with Crippen LogP contribution in [0, 0.1) is 0 Å². The van der Waals surface area contributed by atoms with E-state index in [1.54, 1.807) is 0 Å². The van der Waals surface area contributed by atoms with E-state index >= 15 is 0 Å². The summed E-state index contributed by atoms with van der Waals surface area (Å²) in [5.74, 6) is 3.75. The number of nitrogens with one attached hydrogen (secondary N) is 2. The molecule has 2 aromatic carbocycles. The quantitative estimate of drug-likeness (QED) is 0.250. The van der Waals surface area contributed by atoms with Gasteiger partial charge in [-0.2, -0.15) is 0 Å². The Kier molecular flexibility index (Phi) is 7.30. The molecule has 6 heteroatoms. The minimum absolute atomic E-state index is 0.0664. The van der Waals surface area contributed by atoms with Gasteiger partial charge in [0.2, 0.25) is 0 Å². The first-order chi connectivity index (χ1) is 17.1. The van der Waals surface area contributed by atoms with E-state index in [9.17, 15) is 0 Å². The molecule has 1 aliphatic carbocycles. The molecule has 1 atom stereocenters. The molecule has 2 aromatic heterocycles. The highest BCUT2D eigenvalue weighted by atomic mass is 16.5. The highest BCUT2D eigenvalue weighted by Crippen LogP contribution is 2.30. The normalized spacial score (nSPS) is 18.6. The maximum absolute atomic E-state index is 6.08. The second-order valence-corrected chi connectivity index (χ2v) is 9.61. The Hall–Kier alpha value is -2.96. The number of ether oxygens (including phenoxy) is 2. The molecule has 0 amide bonds. The zero-order valence-electron chi connectivity index (χ0n) is 20.9. The van der Waals surface area contributed by atoms with E-state index in [1.165, 1.54) is 0 Å². The monoisotopic (exact) mass is 476 g/mol. The maximum atomic E-state index is 6.08. The first-order valence-electron chi connectivity index (χ1n) is 12.9. The molecule has 0 bridgehead atoms. The van der Waals surface area contributed by atoms with Gasteiger partial charge in [0, 0.05) is 48.3 Å². The number of hydrogen-bond acceptors (Lipinski definition) is 6. The Morgan fingerprint density at radius 1 is 0.943 bits per heavy atom. The van der Waals surface area contributed by atoms with Gasteiger partial charge >= 0.3 is 0 Å². The Bertz CT molecular complexity index is 1250. The summed E-state index contributed by atoms with van der Waals surface area (Å²) in [6.45, 7) is 5.87. The van der Waals surface area contributed by atoms with Crippen molar-refractivity contribution in [3.8, 4) is 11.5 Å². The average Bonchev–Trinajstić information content (AvgIpc) is 3.43. The summed E-state index contributed by atoms with van der Waals surface area (Å²) in [6, 6.07) is 17.0. The molecule has 1 aliphatic rings. The van der Waals surface area contributed by atoms with Crippen molar-refractivity contribution < 1.29 is 18.3 Å². The molecule has 6 nitrogen and oxygen atoms in total. The van der Waals surface area contributed by atoms with Crippen molar-refractivity contribution in [2.75, 3.05) is 20.1 Å². The number of benzene rings is 2. The molecule has 2 N–H and O–H groups in total. The van der Waals surface area contributed by atoms with Crippen molar-refractivity contribution in [3.05, 3.63) is 60.1 Å². The van der Waals surface area contributed by atoms with Crippen molar-refractivity contribution in [2.24, 2.45) is 0 Å². The van der Waals surface area contributed by atoms with Crippen molar-refractivity contribution in [2.45, 2.75) is 64.2 Å². The zero-order valence-corrected chi connectivity index (χ0v) is 20.9. The third-order valence-corrected chi connectivity index (χ3v) is 6.79. The second kappa shape index (κ2) is 10.8. The lowest BCUT2D eigenvalue weighted by molar-refractivity contribution is 0.0886. The first kappa shape index (κ1) is 23.8. The largest absolute Gasteiger partial charge is 0.490 e. The molecule has 1 saturated carbocycles. The maximum Gasteiger partial charge on any atom is 0.137 e. The summed E-state index contributed by atoms with van der Waals surface area (Å²) in [5.41, 5.74) is 1.78. The molecule has 4 aromatic rings. The summed E-state index contributed by atoms with van der Waals surface area (Å²) in [7, 11) is 2.01. The topological polar surface area (TPSA) is 68.8 Å². The van der Waals surface area contributed by atoms with E-state index in [-0.39, 0.29) is 6.10 Å². The predicted octanol–water partition coefficient (Wildman–Crippen LogP) is 5.86. The molecule has 0 saturated heterocycles. The first-order valence-corrected chi connectivity index (χ1v) is 12.9. The van der Waals surface area contributed by atoms with Crippen LogP contribution in [0.25, 0.3) is 21.9 Å². The van der Waals surface area contributed by atoms with Gasteiger partial charge in [0.25, 0.3) is 0 Å². The van der Waals surface area contributed by atoms with Gasteiger partial charge in [-0.3, -0.25) is 0 Å². The predicted molar refractivity (Wildman–Crippen MR) is 140 cm³/mol. The van der Waals surface area contributed by atoms with Gasteiger partial charge in [-0.25, -0.2) is 0 Å². The molecule has 1 unspecified atom stereocenters. The third-order valence-electron chi connectivity index (χ3n) is 6.79. The van der Waals surface area contributed by atoms with Crippen molar-refractivity contribution in [1.29, 1.82) is 0 Å². The van der Waals surface area contributed by atoms with Crippen LogP contribution >= 0.6 is 0 Å². The van der Waals surface area contributed by atoms with E-state index in [1.807, 2.05) is 31.3 Å². The molecule has 0 aliphatic heterocycles. The van der Waals surface area contributed by atoms with E-state index in [2.05, 4.69) is 48.7 Å². The van der Waals surface area contributed by atoms with Gasteiger partial charge in [0.05, 0.1) is 0 Å². The third kappa shape index (κ3) is 5.82. The lowest BCUT2D eigenvalue weighted by atomic mass is 9.89. The van der Waals surface area contributed by atoms with Gasteiger partial charge in [-0.15, -0.1) is 0 Å². The van der Waals surface area contributed by atoms with Crippen LogP contribution < -0.4 is 20.1 Å². The fourth-order valence-corrected chi connectivity index (χ4v) is 4.63. The van der Waals surface area contributed by atoms with Crippen LogP contribution in [0.5, 0.6) is 11.5 Å². The van der Waals surface area contributed by atoms with E-state index in [0.717, 1.165) is 90.2 Å². The number of fused-ring (bicyclic) bond motifs is 2. The Morgan fingerprint density at radius 2 is 1.63 bits per heavy atom. The van der Waals surface area contributed by atoms with Crippen LogP contribution in [0.1, 0.15) is 44.6 Å². The van der Waals surface area contributed by atoms with Crippen LogP contribution in [-0.4, -0.2) is 38.4 Å². The lowest BCUT2D eigenvalue weighted by Crippen LogP contribution is -2.45. The summed E-state index contributed by atoms with van der Waals surface area (Å²) < 4.78 is 24.1. The number of rotatable bonds is 12. The fourth-order valence-electron chi connectivity index (χ4n) is 4.63. The lowest BCUT2D eigenvalue weighted by Gasteiger charge is -2.35. The Morgan fingerprint density at radius 3 is 2.37 bits per heavy atom. The number of aryl methyl sites for hydroxylation is 2. The molecule has 2 heterocycles. The van der Waals surface area contributed by atoms with Crippen LogP contribution in [0.2, 0.25) is 0 Å². The van der Waals surface area contributed by atoms with Crippen LogP contribution in [0.4, 0.5) is 0 Å². The molecule has 186 valence electrons. The molecule has 0 spiro atoms. The highest BCUT2D eigenvalue weighted by Gasteiger charge is 2.29. The minimum atomic E-state index is 0.0664. The van der Waals surface area contributed by atoms with Crippen LogP contribution in [-0.2, 0) is 12.8 Å². The molecular formula is C29H36N2O4. The van der Waals surface area contributed by atoms with E-state index < -0.39 is 0 Å². The standard InChI is InChI=1S/C29H36N2O4/c1-4-23-12-20-7-9-25(16-28(20)34-23)32-19(2)18-31-11-5-6-24-13-21-8-10-26(17-29(21)35-24)33-27-14-22(15-27)30-3/h7-10,12-13,16-17,19,22,27,30-31H,4-6,11,14-15,18H2,1-3H3. The van der Waals surface area contributed by atoms with Gasteiger partial charge in [0.1, 0.15) is 46.4 Å². The van der Waals surface area contributed by atoms with Gasteiger partial charge in [0.15, 0.2) is 0 Å². The zero-order chi connectivity index (χ0) is 24.2. The van der Waals surface area contributed by atoms with Crippen LogP contribution in [0.15, 0.2) is 57.4 Å². The van der Waals surface area contributed by atoms with E-state index in [4.69, 9.17) is 18.3 Å². The molecular weight excluding hydrogens is 440 g/mol. The SMILES string of the molecule is CCc1cc2ccc(OC(C)CNCCCc3cc4ccc(OC5CC(NC)C5)cc4o3)cc2o1. The van der Waals surface area contributed by atoms with Gasteiger partial charge in [-0.05, 0) is 76.2 Å². The Balaban J connectivity index is 1.04. The minimum Gasteiger partial charge on any atom is -0.490 e. The molecule has 5 rings (SSSR count). The van der Waals surface area contributed by atoms with Crippen molar-refractivity contribution in [3.63, 3.8) is 0 Å². The fraction of sp³-hybridized carbons (Fsp3) is 0.448. The molecule has 35 heavy (non-hydrogen) atoms. The average molecular weight is 477 g/mol. The van der Waals surface area contributed by atoms with E-state index in [0.29, 0.717) is 12.1 Å². The summed E-state index contributed by atoms with van der Waals surface area (Å²) in [6.07, 6.45) is 5.29. The van der Waals surface area contributed by atoms with Crippen molar-refractivity contribution >= 4 is 21.9 Å². The molecule has 1 fully saturated rings. The van der Waals surface area contributed by atoms with Crippen molar-refractivity contribution in [1.82, 2.24) is 10.6 Å². The Labute approximate surface area is 207 Å². The summed E-state index contributed by atoms with van der Waals surface area (Å²) >= 11 is 0. The van der Waals surface area contributed by atoms with Gasteiger partial charge < -0.3 is 28.9 Å². The smallest absolute Gasteiger partial charge is 0.137 e. The van der Waals surface area contributed by atoms with Gasteiger partial charge in [-0.1, -0.05) is 6.92 Å².